The number of sulfonamides is 1. The van der Waals surface area contributed by atoms with Crippen LogP contribution in [0.3, 0.4) is 0 Å². The molecule has 0 aromatic heterocycles. The molecule has 2 rings (SSSR count). The first kappa shape index (κ1) is 18.7. The van der Waals surface area contributed by atoms with Crippen LogP contribution in [0.4, 0.5) is 5.69 Å². The van der Waals surface area contributed by atoms with Crippen LogP contribution in [-0.2, 0) is 14.8 Å². The summed E-state index contributed by atoms with van der Waals surface area (Å²) in [4.78, 5) is 15.8. The summed E-state index contributed by atoms with van der Waals surface area (Å²) >= 11 is 0. The van der Waals surface area contributed by atoms with E-state index in [2.05, 4.69) is 9.39 Å². The average Bonchev–Trinajstić information content (AvgIpc) is 2.44. The summed E-state index contributed by atoms with van der Waals surface area (Å²) in [5.41, 5.74) is 11.2. The van der Waals surface area contributed by atoms with Crippen molar-refractivity contribution in [3.05, 3.63) is 35.6 Å². The van der Waals surface area contributed by atoms with Crippen LogP contribution in [0.1, 0.15) is 26.7 Å². The highest BCUT2D eigenvalue weighted by Crippen LogP contribution is 2.35. The third-order valence-corrected chi connectivity index (χ3v) is 5.03. The smallest absolute Gasteiger partial charge is 0.397 e. The van der Waals surface area contributed by atoms with Crippen molar-refractivity contribution in [3.63, 3.8) is 0 Å². The van der Waals surface area contributed by atoms with E-state index < -0.39 is 16.0 Å². The van der Waals surface area contributed by atoms with Gasteiger partial charge in [-0.1, -0.05) is 18.8 Å². The Kier molecular flexibility index (Phi) is 4.98. The van der Waals surface area contributed by atoms with E-state index in [1.165, 1.54) is 24.3 Å². The fraction of sp³-hybridized carbons (Fsp3) is 0.312. The van der Waals surface area contributed by atoms with Crippen LogP contribution in [0.2, 0.25) is 0 Å². The molecule has 1 aliphatic carbocycles. The van der Waals surface area contributed by atoms with Gasteiger partial charge in [0.1, 0.15) is 16.9 Å². The molecule has 9 heteroatoms. The van der Waals surface area contributed by atoms with Crippen molar-refractivity contribution < 1.29 is 22.7 Å². The molecule has 8 nitrogen and oxygen atoms in total. The zero-order chi connectivity index (χ0) is 18.8. The molecule has 0 unspecified atom stereocenters. The molecule has 1 aromatic carbocycles. The molecule has 0 fully saturated rings. The first-order chi connectivity index (χ1) is 11.5. The van der Waals surface area contributed by atoms with Crippen molar-refractivity contribution in [2.75, 3.05) is 5.73 Å². The number of hydrogen-bond acceptors (Lipinski definition) is 5. The molecule has 0 saturated heterocycles. The number of nitrogens with zero attached hydrogens (tertiary/aromatic N) is 1. The minimum atomic E-state index is -3.92. The number of aliphatic hydroxyl groups is 1. The van der Waals surface area contributed by atoms with Gasteiger partial charge in [-0.15, -0.1) is 0 Å². The number of aliphatic imine (C=N–C) groups is 1. The summed E-state index contributed by atoms with van der Waals surface area (Å²) in [6.07, 6.45) is 1.67. The third kappa shape index (κ3) is 4.66. The highest BCUT2D eigenvalue weighted by molar-refractivity contribution is 7.84. The van der Waals surface area contributed by atoms with Gasteiger partial charge in [0.25, 0.3) is 0 Å². The molecule has 6 N–H and O–H groups in total. The Balaban J connectivity index is 2.25. The van der Waals surface area contributed by atoms with E-state index in [9.17, 15) is 18.3 Å². The number of hydrogen-bond donors (Lipinski definition) is 4. The molecule has 1 aromatic rings. The number of guanidine groups is 1. The van der Waals surface area contributed by atoms with Crippen molar-refractivity contribution in [2.24, 2.45) is 16.1 Å². The van der Waals surface area contributed by atoms with Gasteiger partial charge in [0.05, 0.1) is 5.57 Å². The average molecular weight is 365 g/mol. The number of aliphatic hydroxyl groups excluding tert-OH is 1. The number of benzene rings is 1. The van der Waals surface area contributed by atoms with Crippen molar-refractivity contribution in [3.8, 4) is 0 Å². The van der Waals surface area contributed by atoms with Crippen LogP contribution in [0, 0.1) is 5.41 Å². The van der Waals surface area contributed by atoms with E-state index in [1.54, 1.807) is 0 Å². The number of nitrogens with two attached hydrogens (primary N) is 2. The number of Topliss-reactive ketones (excluding diaryl/α,β-unsaturated/α-hetero) is 1. The zero-order valence-electron chi connectivity index (χ0n) is 14.0. The molecule has 0 spiro atoms. The van der Waals surface area contributed by atoms with E-state index in [1.807, 2.05) is 13.8 Å². The second-order valence-corrected chi connectivity index (χ2v) is 8.30. The second-order valence-electron chi connectivity index (χ2n) is 6.62. The van der Waals surface area contributed by atoms with Gasteiger partial charge in [-0.05, 0) is 29.7 Å². The summed E-state index contributed by atoms with van der Waals surface area (Å²) in [5, 5.41) is 9.99. The highest BCUT2D eigenvalue weighted by atomic mass is 32.2. The SMILES string of the molecule is CC1(C)CC(=O)C(/C=N/C(N)=[NH+]S(=O)(=O)c2ccc(N)cc2)=C(O)C1. The van der Waals surface area contributed by atoms with Crippen molar-refractivity contribution in [1.82, 2.24) is 0 Å². The lowest BCUT2D eigenvalue weighted by molar-refractivity contribution is -0.269. The predicted molar refractivity (Wildman–Crippen MR) is 94.4 cm³/mol. The van der Waals surface area contributed by atoms with Crippen LogP contribution in [-0.4, -0.2) is 31.5 Å². The second kappa shape index (κ2) is 6.67. The van der Waals surface area contributed by atoms with E-state index in [4.69, 9.17) is 11.5 Å². The molecule has 0 saturated carbocycles. The Bertz CT molecular complexity index is 881. The summed E-state index contributed by atoms with van der Waals surface area (Å²) in [6.45, 7) is 3.74. The Morgan fingerprint density at radius 3 is 2.44 bits per heavy atom. The Morgan fingerprint density at radius 2 is 1.88 bits per heavy atom. The summed E-state index contributed by atoms with van der Waals surface area (Å²) in [6, 6.07) is 5.55. The number of allylic oxidation sites excluding steroid dienone is 2. The number of anilines is 1. The number of nitrogen functional groups attached to an aromatic ring is 1. The topological polar surface area (TPSA) is 150 Å². The van der Waals surface area contributed by atoms with E-state index >= 15 is 0 Å². The molecule has 134 valence electrons. The lowest BCUT2D eigenvalue weighted by Crippen LogP contribution is -2.78. The maximum absolute atomic E-state index is 12.2. The Labute approximate surface area is 146 Å². The molecule has 0 radical (unpaired) electrons. The minimum Gasteiger partial charge on any atom is -0.511 e. The fourth-order valence-electron chi connectivity index (χ4n) is 2.45. The fourth-order valence-corrected chi connectivity index (χ4v) is 3.39. The largest absolute Gasteiger partial charge is 0.511 e. The number of rotatable bonds is 3. The number of ketones is 1. The van der Waals surface area contributed by atoms with Gasteiger partial charge in [0, 0.05) is 18.5 Å². The van der Waals surface area contributed by atoms with Gasteiger partial charge in [0.15, 0.2) is 5.78 Å². The number of carbonyl (C=O) groups is 1. The molecular weight excluding hydrogens is 344 g/mol. The zero-order valence-corrected chi connectivity index (χ0v) is 14.8. The summed E-state index contributed by atoms with van der Waals surface area (Å²) in [7, 11) is -3.92. The standard InChI is InChI=1S/C16H20N4O4S/c1-16(2)7-13(21)12(14(22)8-16)9-19-15(18)20-25(23,24)11-5-3-10(17)4-6-11/h3-6,9,21H,7-8,17H2,1-2H3,(H2,18,20)/p+1/b19-9+. The first-order valence-electron chi connectivity index (χ1n) is 7.50. The van der Waals surface area contributed by atoms with Gasteiger partial charge in [0.2, 0.25) is 0 Å². The van der Waals surface area contributed by atoms with Gasteiger partial charge in [-0.2, -0.15) is 12.8 Å². The summed E-state index contributed by atoms with van der Waals surface area (Å²) in [5.74, 6) is -0.777. The van der Waals surface area contributed by atoms with E-state index in [0.717, 1.165) is 6.21 Å². The minimum absolute atomic E-state index is 0.0302. The van der Waals surface area contributed by atoms with Crippen molar-refractivity contribution in [1.29, 1.82) is 0 Å². The van der Waals surface area contributed by atoms with Crippen molar-refractivity contribution in [2.45, 2.75) is 31.6 Å². The summed E-state index contributed by atoms with van der Waals surface area (Å²) < 4.78 is 26.4. The molecule has 0 bridgehead atoms. The number of carbonyl (C=O) groups excluding carboxylic acids is 1. The van der Waals surface area contributed by atoms with Crippen LogP contribution in [0.5, 0.6) is 0 Å². The third-order valence-electron chi connectivity index (χ3n) is 3.66. The normalized spacial score (nSPS) is 18.8. The highest BCUT2D eigenvalue weighted by Gasteiger charge is 2.32. The predicted octanol–water partition coefficient (Wildman–Crippen LogP) is -0.375. The van der Waals surface area contributed by atoms with Crippen LogP contribution < -0.4 is 15.9 Å². The maximum atomic E-state index is 12.2. The van der Waals surface area contributed by atoms with Crippen molar-refractivity contribution >= 4 is 33.7 Å². The van der Waals surface area contributed by atoms with E-state index in [0.29, 0.717) is 12.1 Å². The van der Waals surface area contributed by atoms with Crippen LogP contribution in [0.15, 0.2) is 45.5 Å². The molecule has 0 atom stereocenters. The quantitative estimate of drug-likeness (QED) is 0.326. The number of nitrogens with one attached hydrogen (secondary N) is 1. The lowest BCUT2D eigenvalue weighted by atomic mass is 9.77. The molecule has 0 heterocycles. The molecular formula is C16H21N4O4S+. The first-order valence-corrected chi connectivity index (χ1v) is 8.99. The molecule has 0 aliphatic heterocycles. The van der Waals surface area contributed by atoms with Gasteiger partial charge in [-0.25, -0.2) is 0 Å². The Morgan fingerprint density at radius 1 is 1.28 bits per heavy atom. The lowest BCUT2D eigenvalue weighted by Gasteiger charge is -2.27. The molecule has 25 heavy (non-hydrogen) atoms. The van der Waals surface area contributed by atoms with E-state index in [-0.39, 0.29) is 33.8 Å². The van der Waals surface area contributed by atoms with Crippen LogP contribution >= 0.6 is 0 Å². The van der Waals surface area contributed by atoms with Gasteiger partial charge in [-0.3, -0.25) is 10.5 Å². The van der Waals surface area contributed by atoms with Gasteiger partial charge >= 0.3 is 16.0 Å². The molecule has 0 amide bonds. The van der Waals surface area contributed by atoms with Gasteiger partial charge < -0.3 is 10.8 Å². The monoisotopic (exact) mass is 365 g/mol. The Hall–Kier alpha value is -2.68. The maximum Gasteiger partial charge on any atom is 0.397 e. The van der Waals surface area contributed by atoms with Crippen LogP contribution in [0.25, 0.3) is 0 Å². The molecule has 1 aliphatic rings.